The Bertz CT molecular complexity index is 1160. The first-order valence-corrected chi connectivity index (χ1v) is 11.7. The Hall–Kier alpha value is -2.54. The number of fused-ring (bicyclic) bond motifs is 2. The predicted octanol–water partition coefficient (Wildman–Crippen LogP) is 2.65. The Morgan fingerprint density at radius 1 is 0.938 bits per heavy atom. The lowest BCUT2D eigenvalue weighted by molar-refractivity contribution is -0.458. The number of thioether (sulfide) groups is 1. The Labute approximate surface area is 193 Å². The number of allylic oxidation sites excluding steroid dienone is 1. The SMILES string of the molecule is CN1/C(=C\C2C(=O)C([O-])C(/C=C3/Sc4ccccc4N3C)C2[O-])C(C)(C)c2ccccc21. The first-order chi connectivity index (χ1) is 15.2. The number of hydrogen-bond donors (Lipinski definition) is 0. The maximum atomic E-state index is 13.4. The third-order valence-electron chi connectivity index (χ3n) is 7.08. The van der Waals surface area contributed by atoms with Crippen molar-refractivity contribution in [3.05, 3.63) is 77.0 Å². The van der Waals surface area contributed by atoms with E-state index in [1.54, 1.807) is 12.2 Å². The quantitative estimate of drug-likeness (QED) is 0.707. The molecule has 32 heavy (non-hydrogen) atoms. The molecular weight excluding hydrogens is 420 g/mol. The number of likely N-dealkylation sites (N-methyl/N-ethyl adjacent to an activating group) is 1. The lowest BCUT2D eigenvalue weighted by Gasteiger charge is -2.32. The van der Waals surface area contributed by atoms with E-state index in [-0.39, 0.29) is 5.41 Å². The van der Waals surface area contributed by atoms with E-state index in [1.807, 2.05) is 66.4 Å². The second kappa shape index (κ2) is 7.51. The molecule has 166 valence electrons. The van der Waals surface area contributed by atoms with Gasteiger partial charge in [0.2, 0.25) is 0 Å². The molecule has 1 aliphatic carbocycles. The van der Waals surface area contributed by atoms with Gasteiger partial charge in [-0.05, 0) is 29.7 Å². The molecule has 4 unspecified atom stereocenters. The summed E-state index contributed by atoms with van der Waals surface area (Å²) in [7, 11) is 3.88. The van der Waals surface area contributed by atoms with Crippen LogP contribution in [0.4, 0.5) is 11.4 Å². The summed E-state index contributed by atoms with van der Waals surface area (Å²) >= 11 is 1.54. The molecule has 3 aliphatic rings. The van der Waals surface area contributed by atoms with Gasteiger partial charge in [0, 0.05) is 41.7 Å². The highest BCUT2D eigenvalue weighted by molar-refractivity contribution is 8.03. The number of carbonyl (C=O) groups is 1. The first kappa shape index (κ1) is 21.3. The monoisotopic (exact) mass is 446 g/mol. The van der Waals surface area contributed by atoms with E-state index in [1.165, 1.54) is 11.8 Å². The van der Waals surface area contributed by atoms with Crippen molar-refractivity contribution < 1.29 is 15.0 Å². The second-order valence-corrected chi connectivity index (χ2v) is 10.3. The van der Waals surface area contributed by atoms with Gasteiger partial charge in [-0.1, -0.05) is 74.2 Å². The van der Waals surface area contributed by atoms with Gasteiger partial charge in [0.25, 0.3) is 0 Å². The standard InChI is InChI=1S/C26H26N2O3S/c1-26(2)17-9-5-6-10-18(17)27(3)21(26)13-15-23(29)16(25(31)24(15)30)14-22-28(4)19-11-7-8-12-20(19)32-22/h5-16,23,25H,1-4H3/q-2/b21-13-,22-14+. The molecule has 4 atom stereocenters. The summed E-state index contributed by atoms with van der Waals surface area (Å²) in [6.07, 6.45) is 0.663. The number of Topliss-reactive ketones (excluding diaryl/α,β-unsaturated/α-hetero) is 1. The smallest absolute Gasteiger partial charge is 0.125 e. The number of para-hydroxylation sites is 2. The van der Waals surface area contributed by atoms with Crippen LogP contribution in [0.25, 0.3) is 0 Å². The molecule has 0 bridgehead atoms. The zero-order chi connectivity index (χ0) is 22.8. The summed E-state index contributed by atoms with van der Waals surface area (Å²) in [5, 5.41) is 27.2. The fourth-order valence-corrected chi connectivity index (χ4v) is 6.36. The molecule has 2 heterocycles. The third-order valence-corrected chi connectivity index (χ3v) is 8.26. The van der Waals surface area contributed by atoms with Gasteiger partial charge in [-0.25, -0.2) is 0 Å². The summed E-state index contributed by atoms with van der Waals surface area (Å²) < 4.78 is 0. The fraction of sp³-hybridized carbons (Fsp3) is 0.346. The van der Waals surface area contributed by atoms with Gasteiger partial charge >= 0.3 is 0 Å². The third kappa shape index (κ3) is 3.04. The van der Waals surface area contributed by atoms with Crippen LogP contribution in [0.15, 0.2) is 76.3 Å². The molecule has 0 aromatic heterocycles. The van der Waals surface area contributed by atoms with Crippen LogP contribution in [0.2, 0.25) is 0 Å². The predicted molar refractivity (Wildman–Crippen MR) is 124 cm³/mol. The Kier molecular flexibility index (Phi) is 5.00. The Morgan fingerprint density at radius 2 is 1.59 bits per heavy atom. The summed E-state index contributed by atoms with van der Waals surface area (Å²) in [5.74, 6) is -2.30. The van der Waals surface area contributed by atoms with E-state index >= 15 is 0 Å². The van der Waals surface area contributed by atoms with E-state index < -0.39 is 29.8 Å². The largest absolute Gasteiger partial charge is 0.851 e. The Balaban J connectivity index is 1.46. The highest BCUT2D eigenvalue weighted by Gasteiger charge is 2.42. The molecule has 0 saturated heterocycles. The van der Waals surface area contributed by atoms with Crippen LogP contribution < -0.4 is 20.0 Å². The van der Waals surface area contributed by atoms with Gasteiger partial charge in [0.1, 0.15) is 5.78 Å². The Morgan fingerprint density at radius 3 is 2.28 bits per heavy atom. The lowest BCUT2D eigenvalue weighted by Crippen LogP contribution is -2.40. The number of carbonyl (C=O) groups excluding carboxylic acids is 1. The van der Waals surface area contributed by atoms with Crippen molar-refractivity contribution in [3.63, 3.8) is 0 Å². The molecular formula is C26H26N2O3S-2. The van der Waals surface area contributed by atoms with Crippen LogP contribution in [-0.2, 0) is 10.2 Å². The minimum atomic E-state index is -1.54. The molecule has 1 fully saturated rings. The van der Waals surface area contributed by atoms with E-state index in [0.29, 0.717) is 0 Å². The maximum absolute atomic E-state index is 13.4. The zero-order valence-corrected chi connectivity index (χ0v) is 19.4. The van der Waals surface area contributed by atoms with Gasteiger partial charge in [-0.15, -0.1) is 6.10 Å². The number of ketones is 1. The van der Waals surface area contributed by atoms with Crippen LogP contribution in [-0.4, -0.2) is 32.1 Å². The molecule has 2 aromatic rings. The van der Waals surface area contributed by atoms with Crippen molar-refractivity contribution in [1.82, 2.24) is 0 Å². The topological polar surface area (TPSA) is 69.7 Å². The molecule has 0 radical (unpaired) electrons. The molecule has 5 rings (SSSR count). The van der Waals surface area contributed by atoms with Crippen LogP contribution in [0, 0.1) is 11.8 Å². The molecule has 5 nitrogen and oxygen atoms in total. The number of nitrogens with zero attached hydrogens (tertiary/aromatic N) is 2. The van der Waals surface area contributed by atoms with Crippen molar-refractivity contribution in [3.8, 4) is 0 Å². The van der Waals surface area contributed by atoms with Gasteiger partial charge in [0.05, 0.1) is 10.7 Å². The van der Waals surface area contributed by atoms with Gasteiger partial charge in [0.15, 0.2) is 0 Å². The molecule has 2 aliphatic heterocycles. The average Bonchev–Trinajstić information content (AvgIpc) is 3.28. The minimum Gasteiger partial charge on any atom is -0.851 e. The first-order valence-electron chi connectivity index (χ1n) is 10.8. The molecule has 6 heteroatoms. The maximum Gasteiger partial charge on any atom is 0.125 e. The van der Waals surface area contributed by atoms with Crippen LogP contribution in [0.3, 0.4) is 0 Å². The van der Waals surface area contributed by atoms with E-state index in [4.69, 9.17) is 0 Å². The normalized spacial score (nSPS) is 31.0. The molecule has 0 N–H and O–H groups in total. The van der Waals surface area contributed by atoms with Gasteiger partial charge < -0.3 is 24.8 Å². The van der Waals surface area contributed by atoms with Crippen molar-refractivity contribution in [1.29, 1.82) is 0 Å². The summed E-state index contributed by atoms with van der Waals surface area (Å²) in [6.45, 7) is 4.19. The van der Waals surface area contributed by atoms with Crippen LogP contribution in [0.5, 0.6) is 0 Å². The number of benzene rings is 2. The van der Waals surface area contributed by atoms with Gasteiger partial charge in [-0.2, -0.15) is 0 Å². The van der Waals surface area contributed by atoms with Crippen LogP contribution >= 0.6 is 11.8 Å². The average molecular weight is 447 g/mol. The zero-order valence-electron chi connectivity index (χ0n) is 18.6. The summed E-state index contributed by atoms with van der Waals surface area (Å²) in [5.41, 5.74) is 3.82. The number of hydrogen-bond acceptors (Lipinski definition) is 6. The summed E-state index contributed by atoms with van der Waals surface area (Å²) in [4.78, 5) is 18.1. The molecule has 0 spiro atoms. The van der Waals surface area contributed by atoms with Gasteiger partial charge in [-0.3, -0.25) is 0 Å². The van der Waals surface area contributed by atoms with Crippen molar-refractivity contribution in [2.24, 2.45) is 11.8 Å². The molecule has 1 saturated carbocycles. The van der Waals surface area contributed by atoms with Crippen LogP contribution in [0.1, 0.15) is 19.4 Å². The van der Waals surface area contributed by atoms with Crippen molar-refractivity contribution in [2.75, 3.05) is 23.9 Å². The highest BCUT2D eigenvalue weighted by atomic mass is 32.2. The molecule has 2 aromatic carbocycles. The number of rotatable bonds is 2. The van der Waals surface area contributed by atoms with E-state index in [9.17, 15) is 15.0 Å². The fourth-order valence-electron chi connectivity index (χ4n) is 5.21. The van der Waals surface area contributed by atoms with Crippen molar-refractivity contribution in [2.45, 2.75) is 36.4 Å². The number of anilines is 2. The second-order valence-electron chi connectivity index (χ2n) is 9.28. The lowest BCUT2D eigenvalue weighted by atomic mass is 9.82. The molecule has 0 amide bonds. The van der Waals surface area contributed by atoms with Crippen molar-refractivity contribution >= 4 is 28.9 Å². The van der Waals surface area contributed by atoms with E-state index in [0.717, 1.165) is 32.6 Å². The van der Waals surface area contributed by atoms with E-state index in [2.05, 4.69) is 19.9 Å². The highest BCUT2D eigenvalue weighted by Crippen LogP contribution is 2.49. The summed E-state index contributed by atoms with van der Waals surface area (Å²) in [6, 6.07) is 16.1. The minimum absolute atomic E-state index is 0.344.